The first-order valence-electron chi connectivity index (χ1n) is 5.51. The van der Waals surface area contributed by atoms with Crippen LogP contribution in [0, 0.1) is 0 Å². The Morgan fingerprint density at radius 3 is 2.81 bits per heavy atom. The van der Waals surface area contributed by atoms with Crippen LogP contribution in [0.3, 0.4) is 0 Å². The molecule has 0 saturated heterocycles. The standard InChI is InChI=1S/C9H16N4O2S/c14-16(15,8-3-1-2-4-8)12-6-5-9-10-7-11-13-9/h7-8,12H,1-6H2,(H,10,11,13). The van der Waals surface area contributed by atoms with Gasteiger partial charge in [0.05, 0.1) is 5.25 Å². The van der Waals surface area contributed by atoms with Gasteiger partial charge in [0.1, 0.15) is 12.2 Å². The third-order valence-corrected chi connectivity index (χ3v) is 4.83. The normalized spacial score (nSPS) is 18.0. The van der Waals surface area contributed by atoms with E-state index in [1.807, 2.05) is 0 Å². The molecule has 0 spiro atoms. The zero-order valence-corrected chi connectivity index (χ0v) is 9.83. The molecule has 2 rings (SSSR count). The molecular weight excluding hydrogens is 228 g/mol. The van der Waals surface area contributed by atoms with Crippen molar-refractivity contribution >= 4 is 10.0 Å². The van der Waals surface area contributed by atoms with Crippen LogP contribution in [-0.4, -0.2) is 35.4 Å². The van der Waals surface area contributed by atoms with Gasteiger partial charge in [-0.1, -0.05) is 12.8 Å². The van der Waals surface area contributed by atoms with E-state index in [0.29, 0.717) is 18.8 Å². The Morgan fingerprint density at radius 2 is 2.19 bits per heavy atom. The second-order valence-corrected chi connectivity index (χ2v) is 6.07. The number of H-pyrrole nitrogens is 1. The van der Waals surface area contributed by atoms with Crippen LogP contribution in [0.15, 0.2) is 6.33 Å². The fourth-order valence-corrected chi connectivity index (χ4v) is 3.56. The van der Waals surface area contributed by atoms with E-state index in [1.54, 1.807) is 0 Å². The molecule has 1 aliphatic rings. The zero-order chi connectivity index (χ0) is 11.4. The molecule has 1 aromatic heterocycles. The second-order valence-electron chi connectivity index (χ2n) is 4.03. The van der Waals surface area contributed by atoms with E-state index in [1.165, 1.54) is 6.33 Å². The van der Waals surface area contributed by atoms with Crippen LogP contribution < -0.4 is 4.72 Å². The number of aromatic nitrogens is 3. The first kappa shape index (κ1) is 11.5. The van der Waals surface area contributed by atoms with Crippen LogP contribution in [0.25, 0.3) is 0 Å². The van der Waals surface area contributed by atoms with Crippen molar-refractivity contribution in [3.63, 3.8) is 0 Å². The minimum atomic E-state index is -3.13. The summed E-state index contributed by atoms with van der Waals surface area (Å²) in [5, 5.41) is 6.21. The Labute approximate surface area is 94.9 Å². The van der Waals surface area contributed by atoms with Gasteiger partial charge in [-0.2, -0.15) is 5.10 Å². The van der Waals surface area contributed by atoms with Crippen LogP contribution in [0.2, 0.25) is 0 Å². The molecule has 7 heteroatoms. The van der Waals surface area contributed by atoms with Crippen LogP contribution >= 0.6 is 0 Å². The van der Waals surface area contributed by atoms with Crippen molar-refractivity contribution in [2.24, 2.45) is 0 Å². The maximum absolute atomic E-state index is 11.8. The number of aromatic amines is 1. The molecule has 0 aromatic carbocycles. The van der Waals surface area contributed by atoms with Gasteiger partial charge >= 0.3 is 0 Å². The van der Waals surface area contributed by atoms with Crippen LogP contribution in [0.1, 0.15) is 31.5 Å². The van der Waals surface area contributed by atoms with Gasteiger partial charge in [-0.15, -0.1) is 0 Å². The van der Waals surface area contributed by atoms with Crippen LogP contribution in [0.4, 0.5) is 0 Å². The zero-order valence-electron chi connectivity index (χ0n) is 9.02. The van der Waals surface area contributed by atoms with Gasteiger partial charge in [-0.25, -0.2) is 18.1 Å². The van der Waals surface area contributed by atoms with Crippen molar-refractivity contribution in [3.05, 3.63) is 12.2 Å². The van der Waals surface area contributed by atoms with Crippen molar-refractivity contribution in [2.45, 2.75) is 37.4 Å². The molecule has 1 aromatic rings. The maximum Gasteiger partial charge on any atom is 0.214 e. The van der Waals surface area contributed by atoms with Gasteiger partial charge < -0.3 is 0 Å². The molecule has 0 radical (unpaired) electrons. The predicted molar refractivity (Wildman–Crippen MR) is 59.3 cm³/mol. The molecule has 1 fully saturated rings. The van der Waals surface area contributed by atoms with Crippen LogP contribution in [-0.2, 0) is 16.4 Å². The predicted octanol–water partition coefficient (Wildman–Crippen LogP) is 0.209. The lowest BCUT2D eigenvalue weighted by molar-refractivity contribution is 0.564. The molecule has 0 amide bonds. The summed E-state index contributed by atoms with van der Waals surface area (Å²) in [5.74, 6) is 0.703. The van der Waals surface area contributed by atoms with Gasteiger partial charge in [0.2, 0.25) is 10.0 Å². The average Bonchev–Trinajstić information content (AvgIpc) is 2.90. The SMILES string of the molecule is O=S(=O)(NCCc1ncn[nH]1)C1CCCC1. The first-order valence-corrected chi connectivity index (χ1v) is 7.06. The number of rotatable bonds is 5. The summed E-state index contributed by atoms with van der Waals surface area (Å²) in [7, 11) is -3.13. The van der Waals surface area contributed by atoms with Gasteiger partial charge in [0, 0.05) is 13.0 Å². The van der Waals surface area contributed by atoms with E-state index in [9.17, 15) is 8.42 Å². The van der Waals surface area contributed by atoms with Crippen LogP contribution in [0.5, 0.6) is 0 Å². The monoisotopic (exact) mass is 244 g/mol. The van der Waals surface area contributed by atoms with Gasteiger partial charge in [-0.3, -0.25) is 5.10 Å². The average molecular weight is 244 g/mol. The lowest BCUT2D eigenvalue weighted by Gasteiger charge is -2.11. The number of hydrogen-bond donors (Lipinski definition) is 2. The fourth-order valence-electron chi connectivity index (χ4n) is 1.98. The molecule has 16 heavy (non-hydrogen) atoms. The minimum absolute atomic E-state index is 0.192. The highest BCUT2D eigenvalue weighted by atomic mass is 32.2. The summed E-state index contributed by atoms with van der Waals surface area (Å²) in [6, 6.07) is 0. The fraction of sp³-hybridized carbons (Fsp3) is 0.778. The topological polar surface area (TPSA) is 87.7 Å². The largest absolute Gasteiger partial charge is 0.263 e. The molecule has 1 heterocycles. The Balaban J connectivity index is 1.80. The molecule has 90 valence electrons. The molecule has 1 saturated carbocycles. The summed E-state index contributed by atoms with van der Waals surface area (Å²) in [6.07, 6.45) is 5.59. The number of nitrogens with one attached hydrogen (secondary N) is 2. The highest BCUT2D eigenvalue weighted by Crippen LogP contribution is 2.23. The Morgan fingerprint density at radius 1 is 1.44 bits per heavy atom. The Kier molecular flexibility index (Phi) is 3.55. The maximum atomic E-state index is 11.8. The lowest BCUT2D eigenvalue weighted by Crippen LogP contribution is -2.34. The van der Waals surface area contributed by atoms with Crippen molar-refractivity contribution in [1.29, 1.82) is 0 Å². The van der Waals surface area contributed by atoms with E-state index in [2.05, 4.69) is 19.9 Å². The first-order chi connectivity index (χ1) is 7.68. The molecule has 0 aliphatic heterocycles. The van der Waals surface area contributed by atoms with E-state index >= 15 is 0 Å². The molecule has 6 nitrogen and oxygen atoms in total. The van der Waals surface area contributed by atoms with Crippen molar-refractivity contribution in [2.75, 3.05) is 6.54 Å². The third kappa shape index (κ3) is 2.79. The smallest absolute Gasteiger partial charge is 0.214 e. The second kappa shape index (κ2) is 4.92. The molecule has 0 bridgehead atoms. The molecule has 0 unspecified atom stereocenters. The van der Waals surface area contributed by atoms with Gasteiger partial charge in [-0.05, 0) is 12.8 Å². The van der Waals surface area contributed by atoms with E-state index in [4.69, 9.17) is 0 Å². The Bertz CT molecular complexity index is 409. The quantitative estimate of drug-likeness (QED) is 0.775. The third-order valence-electron chi connectivity index (χ3n) is 2.87. The summed E-state index contributed by atoms with van der Waals surface area (Å²) in [4.78, 5) is 3.93. The van der Waals surface area contributed by atoms with Crippen molar-refractivity contribution in [3.8, 4) is 0 Å². The summed E-state index contributed by atoms with van der Waals surface area (Å²) in [5.41, 5.74) is 0. The highest BCUT2D eigenvalue weighted by molar-refractivity contribution is 7.90. The van der Waals surface area contributed by atoms with E-state index < -0.39 is 10.0 Å². The van der Waals surface area contributed by atoms with Crippen molar-refractivity contribution in [1.82, 2.24) is 19.9 Å². The summed E-state index contributed by atoms with van der Waals surface area (Å²) in [6.45, 7) is 0.383. The number of sulfonamides is 1. The molecule has 0 atom stereocenters. The Hall–Kier alpha value is -0.950. The summed E-state index contributed by atoms with van der Waals surface area (Å²) >= 11 is 0. The number of hydrogen-bond acceptors (Lipinski definition) is 4. The highest BCUT2D eigenvalue weighted by Gasteiger charge is 2.27. The van der Waals surface area contributed by atoms with Gasteiger partial charge in [0.25, 0.3) is 0 Å². The van der Waals surface area contributed by atoms with Crippen molar-refractivity contribution < 1.29 is 8.42 Å². The minimum Gasteiger partial charge on any atom is -0.263 e. The molecule has 1 aliphatic carbocycles. The van der Waals surface area contributed by atoms with Gasteiger partial charge in [0.15, 0.2) is 0 Å². The lowest BCUT2D eigenvalue weighted by atomic mass is 10.4. The number of nitrogens with zero attached hydrogens (tertiary/aromatic N) is 2. The van der Waals surface area contributed by atoms with E-state index in [0.717, 1.165) is 25.7 Å². The van der Waals surface area contributed by atoms with E-state index in [-0.39, 0.29) is 5.25 Å². The molecular formula is C9H16N4O2S. The summed E-state index contributed by atoms with van der Waals surface area (Å²) < 4.78 is 26.2. The molecule has 2 N–H and O–H groups in total.